The molecule has 3 rings (SSSR count). The lowest BCUT2D eigenvalue weighted by molar-refractivity contribution is -0.137. The molecule has 0 atom stereocenters. The van der Waals surface area contributed by atoms with Gasteiger partial charge in [-0.25, -0.2) is 14.2 Å². The summed E-state index contributed by atoms with van der Waals surface area (Å²) >= 11 is 0. The number of hydrogen-bond donors (Lipinski definition) is 0. The summed E-state index contributed by atoms with van der Waals surface area (Å²) in [4.78, 5) is 27.7. The lowest BCUT2D eigenvalue weighted by Gasteiger charge is -2.06. The third-order valence-electron chi connectivity index (χ3n) is 3.57. The van der Waals surface area contributed by atoms with E-state index >= 15 is 0 Å². The highest BCUT2D eigenvalue weighted by Crippen LogP contribution is 2.21. The summed E-state index contributed by atoms with van der Waals surface area (Å²) in [7, 11) is 0. The molecule has 0 amide bonds. The minimum atomic E-state index is -0.612. The van der Waals surface area contributed by atoms with Gasteiger partial charge in [0, 0.05) is 5.56 Å². The van der Waals surface area contributed by atoms with E-state index in [0.717, 1.165) is 0 Å². The van der Waals surface area contributed by atoms with Crippen molar-refractivity contribution in [2.45, 2.75) is 13.8 Å². The molecule has 0 fully saturated rings. The number of carbonyl (C=O) groups is 2. The number of carbonyl (C=O) groups excluding carboxylic acids is 2. The van der Waals surface area contributed by atoms with Gasteiger partial charge in [0.1, 0.15) is 11.6 Å². The van der Waals surface area contributed by atoms with Gasteiger partial charge in [-0.3, -0.25) is 4.79 Å². The molecule has 2 aromatic rings. The molecule has 0 aromatic heterocycles. The average molecular weight is 353 g/mol. The Hall–Kier alpha value is -3.28. The molecule has 0 saturated carbocycles. The Morgan fingerprint density at radius 2 is 1.92 bits per heavy atom. The number of halogens is 1. The molecule has 6 heteroatoms. The summed E-state index contributed by atoms with van der Waals surface area (Å²) in [6.07, 6.45) is 1.54. The summed E-state index contributed by atoms with van der Waals surface area (Å²) in [5.74, 6) is -1.11. The summed E-state index contributed by atoms with van der Waals surface area (Å²) in [6.45, 7) is 3.50. The van der Waals surface area contributed by atoms with Crippen LogP contribution < -0.4 is 4.74 Å². The van der Waals surface area contributed by atoms with Gasteiger partial charge in [-0.2, -0.15) is 0 Å². The number of ether oxygens (including phenoxy) is 2. The van der Waals surface area contributed by atoms with Gasteiger partial charge < -0.3 is 9.47 Å². The molecule has 132 valence electrons. The Balaban J connectivity index is 1.79. The van der Waals surface area contributed by atoms with Gasteiger partial charge in [0.25, 0.3) is 0 Å². The van der Waals surface area contributed by atoms with E-state index in [4.69, 9.17) is 9.47 Å². The second kappa shape index (κ2) is 7.31. The summed E-state index contributed by atoms with van der Waals surface area (Å²) in [6, 6.07) is 12.3. The van der Waals surface area contributed by atoms with Crippen LogP contribution in [0.2, 0.25) is 0 Å². The van der Waals surface area contributed by atoms with E-state index in [-0.39, 0.29) is 23.5 Å². The first-order valence-electron chi connectivity index (χ1n) is 8.02. The molecule has 5 nitrogen and oxygen atoms in total. The minimum Gasteiger partial charge on any atom is -0.426 e. The van der Waals surface area contributed by atoms with E-state index in [1.165, 1.54) is 18.2 Å². The van der Waals surface area contributed by atoms with E-state index < -0.39 is 11.8 Å². The molecule has 0 N–H and O–H groups in total. The Morgan fingerprint density at radius 3 is 2.58 bits per heavy atom. The Kier molecular flexibility index (Phi) is 4.93. The minimum absolute atomic E-state index is 0.0585. The van der Waals surface area contributed by atoms with Crippen molar-refractivity contribution < 1.29 is 23.5 Å². The molecular weight excluding hydrogens is 337 g/mol. The van der Waals surface area contributed by atoms with Crippen LogP contribution in [-0.4, -0.2) is 17.8 Å². The van der Waals surface area contributed by atoms with Crippen molar-refractivity contribution in [2.75, 3.05) is 0 Å². The monoisotopic (exact) mass is 353 g/mol. The number of benzene rings is 2. The topological polar surface area (TPSA) is 65.0 Å². The predicted octanol–water partition coefficient (Wildman–Crippen LogP) is 3.73. The Morgan fingerprint density at radius 1 is 1.19 bits per heavy atom. The highest BCUT2D eigenvalue weighted by Gasteiger charge is 2.24. The Labute approximate surface area is 149 Å². The van der Waals surface area contributed by atoms with Crippen LogP contribution in [0.25, 0.3) is 6.08 Å². The van der Waals surface area contributed by atoms with Crippen molar-refractivity contribution in [3.05, 3.63) is 71.2 Å². The van der Waals surface area contributed by atoms with Crippen LogP contribution in [0.3, 0.4) is 0 Å². The Bertz CT molecular complexity index is 914. The molecule has 26 heavy (non-hydrogen) atoms. The van der Waals surface area contributed by atoms with Crippen LogP contribution in [-0.2, 0) is 14.3 Å². The number of rotatable bonds is 4. The van der Waals surface area contributed by atoms with Gasteiger partial charge in [0.2, 0.25) is 5.90 Å². The summed E-state index contributed by atoms with van der Waals surface area (Å²) in [5.41, 5.74) is 1.18. The molecule has 0 unspecified atom stereocenters. The lowest BCUT2D eigenvalue weighted by Crippen LogP contribution is -2.14. The van der Waals surface area contributed by atoms with Crippen molar-refractivity contribution in [3.8, 4) is 5.75 Å². The maximum absolute atomic E-state index is 13.3. The number of hydrogen-bond acceptors (Lipinski definition) is 5. The fourth-order valence-corrected chi connectivity index (χ4v) is 2.18. The van der Waals surface area contributed by atoms with E-state index in [9.17, 15) is 14.0 Å². The van der Waals surface area contributed by atoms with E-state index in [1.807, 2.05) is 0 Å². The average Bonchev–Trinajstić information content (AvgIpc) is 2.97. The molecule has 0 aliphatic carbocycles. The fraction of sp³-hybridized carbons (Fsp3) is 0.150. The van der Waals surface area contributed by atoms with E-state index in [1.54, 1.807) is 50.3 Å². The van der Waals surface area contributed by atoms with Crippen molar-refractivity contribution in [1.82, 2.24) is 0 Å². The molecule has 1 aliphatic heterocycles. The predicted molar refractivity (Wildman–Crippen MR) is 93.9 cm³/mol. The van der Waals surface area contributed by atoms with Crippen molar-refractivity contribution >= 4 is 23.9 Å². The maximum atomic E-state index is 13.3. The lowest BCUT2D eigenvalue weighted by atomic mass is 10.2. The zero-order chi connectivity index (χ0) is 18.7. The molecule has 2 aromatic carbocycles. The van der Waals surface area contributed by atoms with Gasteiger partial charge in [-0.05, 0) is 42.0 Å². The largest absolute Gasteiger partial charge is 0.426 e. The quantitative estimate of drug-likeness (QED) is 0.477. The molecule has 1 aliphatic rings. The smallest absolute Gasteiger partial charge is 0.363 e. The van der Waals surface area contributed by atoms with Gasteiger partial charge >= 0.3 is 11.9 Å². The molecule has 1 heterocycles. The number of nitrogens with zero attached hydrogens (tertiary/aromatic N) is 1. The maximum Gasteiger partial charge on any atom is 0.363 e. The van der Waals surface area contributed by atoms with Crippen LogP contribution in [0.4, 0.5) is 4.39 Å². The van der Waals surface area contributed by atoms with Crippen molar-refractivity contribution in [1.29, 1.82) is 0 Å². The van der Waals surface area contributed by atoms with E-state index in [2.05, 4.69) is 4.99 Å². The van der Waals surface area contributed by atoms with Gasteiger partial charge in [0.15, 0.2) is 5.70 Å². The van der Waals surface area contributed by atoms with Crippen LogP contribution in [0.15, 0.2) is 59.2 Å². The van der Waals surface area contributed by atoms with Crippen LogP contribution in [0.1, 0.15) is 25.0 Å². The second-order valence-corrected chi connectivity index (χ2v) is 5.99. The first-order chi connectivity index (χ1) is 12.4. The first kappa shape index (κ1) is 17.5. The third-order valence-corrected chi connectivity index (χ3v) is 3.57. The standard InChI is InChI=1S/C20H16FNO4/c1-12(2)19(23)25-16-8-6-13(7-9-16)10-17-20(24)26-18(22-17)14-4-3-5-15(21)11-14/h3-12H,1-2H3/b17-10-. The van der Waals surface area contributed by atoms with Gasteiger partial charge in [-0.15, -0.1) is 0 Å². The van der Waals surface area contributed by atoms with Crippen LogP contribution in [0, 0.1) is 11.7 Å². The third kappa shape index (κ3) is 4.03. The van der Waals surface area contributed by atoms with Crippen molar-refractivity contribution in [2.24, 2.45) is 10.9 Å². The normalized spacial score (nSPS) is 15.2. The summed E-state index contributed by atoms with van der Waals surface area (Å²) < 4.78 is 23.6. The molecule has 0 saturated heterocycles. The number of esters is 2. The zero-order valence-electron chi connectivity index (χ0n) is 14.2. The van der Waals surface area contributed by atoms with Crippen LogP contribution in [0.5, 0.6) is 5.75 Å². The SMILES string of the molecule is CC(C)C(=O)Oc1ccc(/C=C2\N=C(c3cccc(F)c3)OC2=O)cc1. The molecule has 0 bridgehead atoms. The van der Waals surface area contributed by atoms with Crippen molar-refractivity contribution in [3.63, 3.8) is 0 Å². The zero-order valence-corrected chi connectivity index (χ0v) is 14.2. The fourth-order valence-electron chi connectivity index (χ4n) is 2.18. The van der Waals surface area contributed by atoms with Gasteiger partial charge in [0.05, 0.1) is 5.92 Å². The van der Waals surface area contributed by atoms with Crippen LogP contribution >= 0.6 is 0 Å². The highest BCUT2D eigenvalue weighted by molar-refractivity contribution is 6.12. The molecular formula is C20H16FNO4. The van der Waals surface area contributed by atoms with Gasteiger partial charge in [-0.1, -0.05) is 32.0 Å². The highest BCUT2D eigenvalue weighted by atomic mass is 19.1. The summed E-state index contributed by atoms with van der Waals surface area (Å²) in [5, 5.41) is 0. The number of cyclic esters (lactones) is 1. The molecule has 0 spiro atoms. The first-order valence-corrected chi connectivity index (χ1v) is 8.02. The second-order valence-electron chi connectivity index (χ2n) is 5.99. The van der Waals surface area contributed by atoms with E-state index in [0.29, 0.717) is 16.9 Å². The number of aliphatic imine (C=N–C) groups is 1. The molecule has 0 radical (unpaired) electrons.